The molecule has 2 atom stereocenters. The molecule has 24 heavy (non-hydrogen) atoms. The maximum absolute atomic E-state index is 12.5. The van der Waals surface area contributed by atoms with Crippen molar-refractivity contribution in [3.8, 4) is 0 Å². The predicted octanol–water partition coefficient (Wildman–Crippen LogP) is -0.753. The molecule has 2 aliphatic rings. The highest BCUT2D eigenvalue weighted by atomic mass is 32.2. The number of carbonyl (C=O) groups excluding carboxylic acids is 2. The molecule has 3 rings (SSSR count). The highest BCUT2D eigenvalue weighted by molar-refractivity contribution is 7.89. The Balaban J connectivity index is 1.77. The van der Waals surface area contributed by atoms with Crippen LogP contribution in [-0.2, 0) is 19.6 Å². The first-order valence-corrected chi connectivity index (χ1v) is 9.28. The Morgan fingerprint density at radius 2 is 2.00 bits per heavy atom. The van der Waals surface area contributed by atoms with Gasteiger partial charge in [-0.2, -0.15) is 0 Å². The summed E-state index contributed by atoms with van der Waals surface area (Å²) in [4.78, 5) is 27.9. The van der Waals surface area contributed by atoms with Crippen LogP contribution in [0.5, 0.6) is 0 Å². The number of nitrogens with two attached hydrogens (primary N) is 2. The third-order valence-corrected chi connectivity index (χ3v) is 5.38. The molecular formula is C15H20N4O4S. The van der Waals surface area contributed by atoms with Crippen LogP contribution in [-0.4, -0.2) is 50.8 Å². The molecule has 2 saturated heterocycles. The molecule has 8 nitrogen and oxygen atoms in total. The number of rotatable bonds is 3. The van der Waals surface area contributed by atoms with E-state index < -0.39 is 15.9 Å². The molecule has 1 aromatic rings. The van der Waals surface area contributed by atoms with Gasteiger partial charge in [0, 0.05) is 37.8 Å². The van der Waals surface area contributed by atoms with Crippen LogP contribution in [0.2, 0.25) is 0 Å². The van der Waals surface area contributed by atoms with Gasteiger partial charge in [0.2, 0.25) is 21.8 Å². The van der Waals surface area contributed by atoms with E-state index in [1.54, 1.807) is 11.0 Å². The summed E-state index contributed by atoms with van der Waals surface area (Å²) in [5.41, 5.74) is 6.26. The fourth-order valence-corrected chi connectivity index (χ4v) is 3.75. The molecule has 2 fully saturated rings. The summed E-state index contributed by atoms with van der Waals surface area (Å²) in [7, 11) is -3.85. The Labute approximate surface area is 140 Å². The van der Waals surface area contributed by atoms with Crippen molar-refractivity contribution >= 4 is 27.5 Å². The lowest BCUT2D eigenvalue weighted by Crippen LogP contribution is -2.37. The van der Waals surface area contributed by atoms with Crippen molar-refractivity contribution in [1.82, 2.24) is 4.90 Å². The molecule has 0 saturated carbocycles. The maximum atomic E-state index is 12.5. The Bertz CT molecular complexity index is 779. The summed E-state index contributed by atoms with van der Waals surface area (Å²) in [5.74, 6) is -0.703. The van der Waals surface area contributed by atoms with Crippen LogP contribution in [0.3, 0.4) is 0 Å². The monoisotopic (exact) mass is 352 g/mol. The van der Waals surface area contributed by atoms with Crippen LogP contribution >= 0.6 is 0 Å². The van der Waals surface area contributed by atoms with Crippen LogP contribution < -0.4 is 15.8 Å². The maximum Gasteiger partial charge on any atom is 0.238 e. The number of benzene rings is 1. The fourth-order valence-electron chi connectivity index (χ4n) is 3.20. The van der Waals surface area contributed by atoms with E-state index in [0.717, 1.165) is 6.42 Å². The van der Waals surface area contributed by atoms with Gasteiger partial charge in [0.25, 0.3) is 0 Å². The minimum Gasteiger partial charge on any atom is -0.341 e. The zero-order chi connectivity index (χ0) is 17.5. The molecule has 0 unspecified atom stereocenters. The summed E-state index contributed by atoms with van der Waals surface area (Å²) in [6.07, 6.45) is 0.886. The zero-order valence-corrected chi connectivity index (χ0v) is 13.9. The van der Waals surface area contributed by atoms with Gasteiger partial charge in [0.15, 0.2) is 0 Å². The second kappa shape index (κ2) is 6.15. The molecule has 130 valence electrons. The highest BCUT2D eigenvalue weighted by Crippen LogP contribution is 2.28. The summed E-state index contributed by atoms with van der Waals surface area (Å²) < 4.78 is 22.9. The minimum atomic E-state index is -3.85. The molecule has 0 aliphatic carbocycles. The fraction of sp³-hybridized carbons (Fsp3) is 0.467. The van der Waals surface area contributed by atoms with Crippen LogP contribution in [0.4, 0.5) is 5.69 Å². The topological polar surface area (TPSA) is 127 Å². The molecule has 0 spiro atoms. The van der Waals surface area contributed by atoms with E-state index in [9.17, 15) is 18.0 Å². The Morgan fingerprint density at radius 3 is 2.62 bits per heavy atom. The molecule has 0 aromatic heterocycles. The Morgan fingerprint density at radius 1 is 1.25 bits per heavy atom. The molecule has 2 aliphatic heterocycles. The quantitative estimate of drug-likeness (QED) is 0.740. The first kappa shape index (κ1) is 16.9. The Hall–Kier alpha value is -1.97. The smallest absolute Gasteiger partial charge is 0.238 e. The van der Waals surface area contributed by atoms with Crippen LogP contribution in [0.15, 0.2) is 29.2 Å². The lowest BCUT2D eigenvalue weighted by Gasteiger charge is -2.21. The van der Waals surface area contributed by atoms with Crippen molar-refractivity contribution in [3.63, 3.8) is 0 Å². The van der Waals surface area contributed by atoms with Crippen molar-refractivity contribution in [1.29, 1.82) is 0 Å². The molecule has 0 radical (unpaired) electrons. The normalized spacial score (nSPS) is 24.7. The first-order valence-electron chi connectivity index (χ1n) is 7.73. The van der Waals surface area contributed by atoms with Crippen LogP contribution in [0.25, 0.3) is 0 Å². The van der Waals surface area contributed by atoms with E-state index in [0.29, 0.717) is 18.8 Å². The average molecular weight is 352 g/mol. The molecule has 9 heteroatoms. The van der Waals surface area contributed by atoms with Gasteiger partial charge in [0.05, 0.1) is 10.8 Å². The van der Waals surface area contributed by atoms with Gasteiger partial charge in [-0.05, 0) is 24.6 Å². The van der Waals surface area contributed by atoms with E-state index in [4.69, 9.17) is 10.9 Å². The van der Waals surface area contributed by atoms with E-state index in [2.05, 4.69) is 0 Å². The highest BCUT2D eigenvalue weighted by Gasteiger charge is 2.38. The van der Waals surface area contributed by atoms with E-state index in [-0.39, 0.29) is 35.7 Å². The number of hydrogen-bond donors (Lipinski definition) is 2. The number of anilines is 1. The number of hydrogen-bond acceptors (Lipinski definition) is 5. The summed E-state index contributed by atoms with van der Waals surface area (Å²) in [6, 6.07) is 5.87. The second-order valence-electron chi connectivity index (χ2n) is 6.28. The van der Waals surface area contributed by atoms with Crippen molar-refractivity contribution in [2.24, 2.45) is 16.8 Å². The average Bonchev–Trinajstić information content (AvgIpc) is 3.12. The molecule has 0 bridgehead atoms. The lowest BCUT2D eigenvalue weighted by atomic mass is 10.1. The number of nitrogens with zero attached hydrogens (tertiary/aromatic N) is 2. The molecule has 2 heterocycles. The van der Waals surface area contributed by atoms with E-state index in [1.807, 2.05) is 0 Å². The number of primary sulfonamides is 1. The summed E-state index contributed by atoms with van der Waals surface area (Å²) in [5, 5.41) is 5.13. The third-order valence-electron chi connectivity index (χ3n) is 4.47. The van der Waals surface area contributed by atoms with E-state index in [1.165, 1.54) is 23.1 Å². The van der Waals surface area contributed by atoms with Crippen LogP contribution in [0, 0.1) is 5.92 Å². The van der Waals surface area contributed by atoms with Gasteiger partial charge in [0.1, 0.15) is 0 Å². The second-order valence-corrected chi connectivity index (χ2v) is 7.84. The van der Waals surface area contributed by atoms with E-state index >= 15 is 0 Å². The van der Waals surface area contributed by atoms with Gasteiger partial charge in [-0.3, -0.25) is 9.59 Å². The van der Waals surface area contributed by atoms with Gasteiger partial charge < -0.3 is 15.5 Å². The Kier molecular flexibility index (Phi) is 4.33. The van der Waals surface area contributed by atoms with Gasteiger partial charge in [-0.1, -0.05) is 6.07 Å². The minimum absolute atomic E-state index is 0.00593. The zero-order valence-electron chi connectivity index (χ0n) is 13.1. The van der Waals surface area contributed by atoms with Crippen LogP contribution in [0.1, 0.15) is 12.8 Å². The van der Waals surface area contributed by atoms with Gasteiger partial charge >= 0.3 is 0 Å². The predicted molar refractivity (Wildman–Crippen MR) is 87.4 cm³/mol. The van der Waals surface area contributed by atoms with Crippen molar-refractivity contribution < 1.29 is 18.0 Å². The largest absolute Gasteiger partial charge is 0.341 e. The van der Waals surface area contributed by atoms with Gasteiger partial charge in [-0.15, -0.1) is 0 Å². The van der Waals surface area contributed by atoms with Crippen molar-refractivity contribution in [3.05, 3.63) is 24.3 Å². The molecule has 4 N–H and O–H groups in total. The summed E-state index contributed by atoms with van der Waals surface area (Å²) in [6.45, 7) is 1.37. The molecule has 2 amide bonds. The SMILES string of the molecule is N[C@H]1CCN(C(=O)[C@H]2CC(=O)N(c3cccc(S(N)(=O)=O)c3)C2)C1. The van der Waals surface area contributed by atoms with Crippen molar-refractivity contribution in [2.75, 3.05) is 24.5 Å². The number of amides is 2. The van der Waals surface area contributed by atoms with Gasteiger partial charge in [-0.25, -0.2) is 13.6 Å². The number of likely N-dealkylation sites (tertiary alicyclic amines) is 1. The number of carbonyl (C=O) groups is 2. The third kappa shape index (κ3) is 3.28. The standard InChI is InChI=1S/C15H20N4O4S/c16-11-4-5-18(9-11)15(21)10-6-14(20)19(8-10)12-2-1-3-13(7-12)24(17,22)23/h1-3,7,10-11H,4-6,8-9,16H2,(H2,17,22,23)/t10-,11-/m0/s1. The first-order chi connectivity index (χ1) is 11.3. The molecular weight excluding hydrogens is 332 g/mol. The van der Waals surface area contributed by atoms with Crippen molar-refractivity contribution in [2.45, 2.75) is 23.8 Å². The summed E-state index contributed by atoms with van der Waals surface area (Å²) >= 11 is 0. The molecule has 1 aromatic carbocycles. The number of sulfonamides is 1. The lowest BCUT2D eigenvalue weighted by molar-refractivity contribution is -0.134.